The number of nitrogens with one attached hydrogen (secondary N) is 1. The number of benzene rings is 2. The largest absolute Gasteiger partial charge is 0.416 e. The first-order chi connectivity index (χ1) is 12.8. The van der Waals surface area contributed by atoms with Crippen molar-refractivity contribution in [2.24, 2.45) is 0 Å². The van der Waals surface area contributed by atoms with E-state index in [1.807, 2.05) is 46.9 Å². The van der Waals surface area contributed by atoms with Crippen LogP contribution in [0.4, 0.5) is 13.2 Å². The van der Waals surface area contributed by atoms with Gasteiger partial charge in [-0.05, 0) is 46.9 Å². The molecule has 4 rings (SSSR count). The topological polar surface area (TPSA) is 41.6 Å². The number of imidazole rings is 1. The molecule has 27 heavy (non-hydrogen) atoms. The molecule has 0 atom stereocenters. The SMILES string of the molecule is FC(F)(F)c1cc(I)c2nc(-c3ccc(-c4ncccc4Cl)cc3)[nH]c2c1. The number of hydrogen-bond acceptors (Lipinski definition) is 2. The minimum atomic E-state index is -4.40. The Kier molecular flexibility index (Phi) is 4.59. The minimum absolute atomic E-state index is 0.348. The summed E-state index contributed by atoms with van der Waals surface area (Å²) in [6, 6.07) is 13.1. The van der Waals surface area contributed by atoms with E-state index in [0.29, 0.717) is 31.1 Å². The Labute approximate surface area is 170 Å². The highest BCUT2D eigenvalue weighted by atomic mass is 127. The van der Waals surface area contributed by atoms with Crippen molar-refractivity contribution in [3.63, 3.8) is 0 Å². The van der Waals surface area contributed by atoms with Crippen molar-refractivity contribution in [2.75, 3.05) is 0 Å². The molecular formula is C19H10ClF3IN3. The molecule has 3 nitrogen and oxygen atoms in total. The fraction of sp³-hybridized carbons (Fsp3) is 0.0526. The Morgan fingerprint density at radius 2 is 1.70 bits per heavy atom. The molecule has 4 aromatic rings. The van der Waals surface area contributed by atoms with Crippen molar-refractivity contribution >= 4 is 45.2 Å². The van der Waals surface area contributed by atoms with Crippen molar-refractivity contribution in [1.82, 2.24) is 15.0 Å². The normalized spacial score (nSPS) is 11.9. The van der Waals surface area contributed by atoms with Gasteiger partial charge in [0.15, 0.2) is 0 Å². The van der Waals surface area contributed by atoms with Gasteiger partial charge in [-0.2, -0.15) is 13.2 Å². The molecule has 0 bridgehead atoms. The molecular weight excluding hydrogens is 490 g/mol. The van der Waals surface area contributed by atoms with Gasteiger partial charge in [0.25, 0.3) is 0 Å². The van der Waals surface area contributed by atoms with Gasteiger partial charge in [0.05, 0.1) is 21.8 Å². The van der Waals surface area contributed by atoms with Gasteiger partial charge in [-0.3, -0.25) is 4.98 Å². The maximum absolute atomic E-state index is 13.0. The van der Waals surface area contributed by atoms with Gasteiger partial charge in [-0.15, -0.1) is 0 Å². The van der Waals surface area contributed by atoms with Gasteiger partial charge in [-0.25, -0.2) is 4.98 Å². The zero-order valence-corrected chi connectivity index (χ0v) is 16.4. The molecule has 1 N–H and O–H groups in total. The summed E-state index contributed by atoms with van der Waals surface area (Å²) in [6.07, 6.45) is -2.74. The van der Waals surface area contributed by atoms with Gasteiger partial charge < -0.3 is 4.98 Å². The number of alkyl halides is 3. The lowest BCUT2D eigenvalue weighted by molar-refractivity contribution is -0.137. The number of fused-ring (bicyclic) bond motifs is 1. The van der Waals surface area contributed by atoms with Gasteiger partial charge in [0.1, 0.15) is 11.3 Å². The Morgan fingerprint density at radius 1 is 1.00 bits per heavy atom. The first-order valence-corrected chi connectivity index (χ1v) is 9.26. The summed E-state index contributed by atoms with van der Waals surface area (Å²) in [6.45, 7) is 0. The molecule has 0 aliphatic heterocycles. The molecule has 2 aromatic heterocycles. The summed E-state index contributed by atoms with van der Waals surface area (Å²) in [7, 11) is 0. The summed E-state index contributed by atoms with van der Waals surface area (Å²) in [5.74, 6) is 0.501. The van der Waals surface area contributed by atoms with Gasteiger partial charge >= 0.3 is 6.18 Å². The minimum Gasteiger partial charge on any atom is -0.338 e. The van der Waals surface area contributed by atoms with Crippen molar-refractivity contribution in [1.29, 1.82) is 0 Å². The molecule has 0 unspecified atom stereocenters. The van der Waals surface area contributed by atoms with Crippen LogP contribution in [-0.2, 0) is 6.18 Å². The summed E-state index contributed by atoms with van der Waals surface area (Å²) < 4.78 is 39.5. The zero-order chi connectivity index (χ0) is 19.2. The summed E-state index contributed by atoms with van der Waals surface area (Å²) in [5.41, 5.74) is 2.42. The molecule has 136 valence electrons. The molecule has 0 radical (unpaired) electrons. The monoisotopic (exact) mass is 499 g/mol. The first-order valence-electron chi connectivity index (χ1n) is 7.81. The average Bonchev–Trinajstić information content (AvgIpc) is 3.06. The Morgan fingerprint density at radius 3 is 2.37 bits per heavy atom. The quantitative estimate of drug-likeness (QED) is 0.317. The average molecular weight is 500 g/mol. The third kappa shape index (κ3) is 3.53. The predicted molar refractivity (Wildman–Crippen MR) is 107 cm³/mol. The summed E-state index contributed by atoms with van der Waals surface area (Å²) >= 11 is 8.03. The van der Waals surface area contributed by atoms with Crippen molar-refractivity contribution in [3.8, 4) is 22.6 Å². The Hall–Kier alpha value is -2.13. The van der Waals surface area contributed by atoms with Gasteiger partial charge in [0.2, 0.25) is 0 Å². The van der Waals surface area contributed by atoms with Crippen LogP contribution in [0, 0.1) is 3.57 Å². The smallest absolute Gasteiger partial charge is 0.338 e. The number of nitrogens with zero attached hydrogens (tertiary/aromatic N) is 2. The number of H-pyrrole nitrogens is 1. The van der Waals surface area contributed by atoms with Crippen LogP contribution in [0.15, 0.2) is 54.7 Å². The second kappa shape index (κ2) is 6.79. The molecule has 8 heteroatoms. The fourth-order valence-corrected chi connectivity index (χ4v) is 3.74. The second-order valence-electron chi connectivity index (χ2n) is 5.85. The van der Waals surface area contributed by atoms with E-state index < -0.39 is 11.7 Å². The lowest BCUT2D eigenvalue weighted by atomic mass is 10.1. The van der Waals surface area contributed by atoms with E-state index >= 15 is 0 Å². The van der Waals surface area contributed by atoms with Crippen LogP contribution in [0.5, 0.6) is 0 Å². The van der Waals surface area contributed by atoms with Crippen molar-refractivity contribution in [2.45, 2.75) is 6.18 Å². The Balaban J connectivity index is 1.74. The van der Waals surface area contributed by atoms with Crippen LogP contribution in [0.1, 0.15) is 5.56 Å². The maximum atomic E-state index is 13.0. The zero-order valence-electron chi connectivity index (χ0n) is 13.5. The number of rotatable bonds is 2. The van der Waals surface area contributed by atoms with E-state index in [1.54, 1.807) is 18.3 Å². The van der Waals surface area contributed by atoms with Crippen LogP contribution in [0.2, 0.25) is 5.02 Å². The lowest BCUT2D eigenvalue weighted by Crippen LogP contribution is -2.05. The third-order valence-corrected chi connectivity index (χ3v) is 5.18. The molecule has 0 amide bonds. The third-order valence-electron chi connectivity index (χ3n) is 4.06. The van der Waals surface area contributed by atoms with Crippen LogP contribution in [0.3, 0.4) is 0 Å². The molecule has 2 heterocycles. The lowest BCUT2D eigenvalue weighted by Gasteiger charge is -2.06. The number of aromatic amines is 1. The van der Waals surface area contributed by atoms with E-state index in [-0.39, 0.29) is 0 Å². The Bertz CT molecular complexity index is 1140. The molecule has 0 saturated carbocycles. The summed E-state index contributed by atoms with van der Waals surface area (Å²) in [5, 5.41) is 0.545. The molecule has 0 aliphatic rings. The van der Waals surface area contributed by atoms with Crippen molar-refractivity contribution in [3.05, 3.63) is 68.9 Å². The van der Waals surface area contributed by atoms with E-state index in [4.69, 9.17) is 11.6 Å². The fourth-order valence-electron chi connectivity index (χ4n) is 2.76. The van der Waals surface area contributed by atoms with E-state index in [1.165, 1.54) is 0 Å². The molecule has 0 fully saturated rings. The van der Waals surface area contributed by atoms with E-state index in [9.17, 15) is 13.2 Å². The van der Waals surface area contributed by atoms with E-state index in [0.717, 1.165) is 23.3 Å². The van der Waals surface area contributed by atoms with Gasteiger partial charge in [0, 0.05) is 20.9 Å². The highest BCUT2D eigenvalue weighted by Gasteiger charge is 2.31. The standard InChI is InChI=1S/C19H10ClF3IN3/c20-13-2-1-7-25-16(13)10-3-5-11(6-4-10)18-26-15-9-12(19(21,22)23)8-14(24)17(15)27-18/h1-9H,(H,26,27). The van der Waals surface area contributed by atoms with Gasteiger partial charge in [-0.1, -0.05) is 35.9 Å². The number of halogens is 5. The molecule has 0 aliphatic carbocycles. The van der Waals surface area contributed by atoms with Crippen molar-refractivity contribution < 1.29 is 13.2 Å². The highest BCUT2D eigenvalue weighted by molar-refractivity contribution is 14.1. The van der Waals surface area contributed by atoms with Crippen LogP contribution < -0.4 is 0 Å². The maximum Gasteiger partial charge on any atom is 0.416 e. The predicted octanol–water partition coefficient (Wildman–Crippen LogP) is 6.57. The number of aromatic nitrogens is 3. The van der Waals surface area contributed by atoms with E-state index in [2.05, 4.69) is 15.0 Å². The van der Waals surface area contributed by atoms with Crippen LogP contribution in [0.25, 0.3) is 33.7 Å². The number of hydrogen-bond donors (Lipinski definition) is 1. The molecule has 2 aromatic carbocycles. The molecule has 0 saturated heterocycles. The summed E-state index contributed by atoms with van der Waals surface area (Å²) in [4.78, 5) is 11.7. The first kappa shape index (κ1) is 18.2. The number of pyridine rings is 1. The molecule has 0 spiro atoms. The van der Waals surface area contributed by atoms with Crippen LogP contribution >= 0.6 is 34.2 Å². The van der Waals surface area contributed by atoms with Crippen LogP contribution in [-0.4, -0.2) is 15.0 Å². The highest BCUT2D eigenvalue weighted by Crippen LogP contribution is 2.34. The second-order valence-corrected chi connectivity index (χ2v) is 7.42.